The highest BCUT2D eigenvalue weighted by Crippen LogP contribution is 2.30. The highest BCUT2D eigenvalue weighted by molar-refractivity contribution is 9.10. The Morgan fingerprint density at radius 2 is 1.70 bits per heavy atom. The van der Waals surface area contributed by atoms with Gasteiger partial charge in [0.1, 0.15) is 5.75 Å². The predicted octanol–water partition coefficient (Wildman–Crippen LogP) is 6.01. The third-order valence-corrected chi connectivity index (χ3v) is 5.82. The molecule has 0 bridgehead atoms. The van der Waals surface area contributed by atoms with E-state index in [1.54, 1.807) is 11.7 Å². The average Bonchev–Trinajstić information content (AvgIpc) is 2.76. The molecule has 0 aliphatic rings. The van der Waals surface area contributed by atoms with Crippen LogP contribution < -0.4 is 10.4 Å². The quantitative estimate of drug-likeness (QED) is 0.364. The number of fused-ring (bicyclic) bond motifs is 1. The van der Waals surface area contributed by atoms with E-state index in [2.05, 4.69) is 46.9 Å². The van der Waals surface area contributed by atoms with E-state index in [4.69, 9.17) is 4.74 Å². The van der Waals surface area contributed by atoms with Crippen molar-refractivity contribution in [3.63, 3.8) is 0 Å². The fourth-order valence-corrected chi connectivity index (χ4v) is 3.82. The molecule has 0 aliphatic carbocycles. The number of hydrogen-bond acceptors (Lipinski definition) is 3. The summed E-state index contributed by atoms with van der Waals surface area (Å²) in [5.74, 6) is 1.18. The zero-order valence-corrected chi connectivity index (χ0v) is 18.8. The van der Waals surface area contributed by atoms with Crippen LogP contribution >= 0.6 is 15.9 Å². The molecule has 0 radical (unpaired) electrons. The molecule has 0 saturated carbocycles. The topological polar surface area (TPSA) is 44.1 Å². The Bertz CT molecular complexity index is 1240. The average molecular weight is 463 g/mol. The Hall–Kier alpha value is -2.92. The highest BCUT2D eigenvalue weighted by Gasteiger charge is 2.14. The van der Waals surface area contributed by atoms with Crippen molar-refractivity contribution in [1.29, 1.82) is 0 Å². The number of methoxy groups -OCH3 is 1. The summed E-state index contributed by atoms with van der Waals surface area (Å²) < 4.78 is 8.16. The lowest BCUT2D eigenvalue weighted by Gasteiger charge is -2.15. The third-order valence-electron chi connectivity index (χ3n) is 5.29. The summed E-state index contributed by atoms with van der Waals surface area (Å²) in [6.07, 6.45) is 0. The van der Waals surface area contributed by atoms with E-state index >= 15 is 0 Å². The Morgan fingerprint density at radius 3 is 2.33 bits per heavy atom. The van der Waals surface area contributed by atoms with Crippen molar-refractivity contribution in [3.8, 4) is 17.0 Å². The number of rotatable bonds is 5. The maximum Gasteiger partial charge on any atom is 0.348 e. The van der Waals surface area contributed by atoms with E-state index in [1.807, 2.05) is 54.6 Å². The second kappa shape index (κ2) is 8.44. The van der Waals surface area contributed by atoms with Gasteiger partial charge in [0.2, 0.25) is 0 Å². The van der Waals surface area contributed by atoms with E-state index < -0.39 is 0 Å². The maximum atomic E-state index is 13.0. The number of nitrogens with zero attached hydrogens (tertiary/aromatic N) is 2. The second-order valence-corrected chi connectivity index (χ2v) is 8.53. The standard InChI is InChI=1S/C25H23BrN2O2/c1-16(2)18-6-8-19(9-7-18)24-22-14-21(30-3)12-13-23(22)28(25(29)27-24)15-17-4-10-20(26)11-5-17/h4-14,16H,15H2,1-3H3. The number of benzene rings is 3. The predicted molar refractivity (Wildman–Crippen MR) is 125 cm³/mol. The van der Waals surface area contributed by atoms with E-state index in [0.717, 1.165) is 32.3 Å². The van der Waals surface area contributed by atoms with Gasteiger partial charge in [-0.15, -0.1) is 0 Å². The van der Waals surface area contributed by atoms with Crippen molar-refractivity contribution in [2.45, 2.75) is 26.3 Å². The lowest BCUT2D eigenvalue weighted by atomic mass is 9.99. The first kappa shape index (κ1) is 20.4. The van der Waals surface area contributed by atoms with Gasteiger partial charge in [-0.25, -0.2) is 4.79 Å². The largest absolute Gasteiger partial charge is 0.497 e. The van der Waals surface area contributed by atoms with Crippen LogP contribution in [0.15, 0.2) is 76.0 Å². The van der Waals surface area contributed by atoms with Crippen LogP contribution in [0.1, 0.15) is 30.9 Å². The van der Waals surface area contributed by atoms with Gasteiger partial charge in [-0.3, -0.25) is 4.57 Å². The van der Waals surface area contributed by atoms with Crippen molar-refractivity contribution in [2.24, 2.45) is 0 Å². The Balaban J connectivity index is 1.89. The molecule has 5 heteroatoms. The lowest BCUT2D eigenvalue weighted by Crippen LogP contribution is -2.24. The SMILES string of the molecule is COc1ccc2c(c1)c(-c1ccc(C(C)C)cc1)nc(=O)n2Cc1ccc(Br)cc1. The van der Waals surface area contributed by atoms with Crippen molar-refractivity contribution in [2.75, 3.05) is 7.11 Å². The van der Waals surface area contributed by atoms with Gasteiger partial charge in [0, 0.05) is 15.4 Å². The highest BCUT2D eigenvalue weighted by atomic mass is 79.9. The molecular weight excluding hydrogens is 440 g/mol. The van der Waals surface area contributed by atoms with E-state index in [0.29, 0.717) is 18.2 Å². The molecule has 3 aromatic carbocycles. The van der Waals surface area contributed by atoms with Gasteiger partial charge < -0.3 is 4.74 Å². The summed E-state index contributed by atoms with van der Waals surface area (Å²) in [4.78, 5) is 17.5. The summed E-state index contributed by atoms with van der Waals surface area (Å²) in [6.45, 7) is 4.78. The minimum Gasteiger partial charge on any atom is -0.497 e. The zero-order chi connectivity index (χ0) is 21.3. The molecule has 0 saturated heterocycles. The van der Waals surface area contributed by atoms with Crippen molar-refractivity contribution in [3.05, 3.63) is 92.8 Å². The van der Waals surface area contributed by atoms with Crippen molar-refractivity contribution < 1.29 is 4.74 Å². The van der Waals surface area contributed by atoms with Gasteiger partial charge in [0.15, 0.2) is 0 Å². The first-order valence-electron chi connectivity index (χ1n) is 9.89. The molecule has 0 spiro atoms. The van der Waals surface area contributed by atoms with E-state index in [-0.39, 0.29) is 5.69 Å². The molecule has 4 aromatic rings. The number of aromatic nitrogens is 2. The number of halogens is 1. The molecule has 30 heavy (non-hydrogen) atoms. The van der Waals surface area contributed by atoms with Crippen molar-refractivity contribution in [1.82, 2.24) is 9.55 Å². The molecule has 0 unspecified atom stereocenters. The lowest BCUT2D eigenvalue weighted by molar-refractivity contribution is 0.415. The van der Waals surface area contributed by atoms with E-state index in [9.17, 15) is 4.79 Å². The van der Waals surface area contributed by atoms with Crippen LogP contribution in [0.25, 0.3) is 22.2 Å². The molecule has 0 aliphatic heterocycles. The van der Waals surface area contributed by atoms with E-state index in [1.165, 1.54) is 5.56 Å². The van der Waals surface area contributed by atoms with Gasteiger partial charge in [-0.05, 0) is 47.4 Å². The van der Waals surface area contributed by atoms with Crippen molar-refractivity contribution >= 4 is 26.8 Å². The monoisotopic (exact) mass is 462 g/mol. The van der Waals surface area contributed by atoms with Crippen LogP contribution in [-0.2, 0) is 6.54 Å². The Morgan fingerprint density at radius 1 is 1.00 bits per heavy atom. The Kier molecular flexibility index (Phi) is 5.73. The molecule has 1 aromatic heterocycles. The summed E-state index contributed by atoms with van der Waals surface area (Å²) >= 11 is 3.46. The first-order valence-corrected chi connectivity index (χ1v) is 10.7. The zero-order valence-electron chi connectivity index (χ0n) is 17.2. The normalized spacial score (nSPS) is 11.2. The smallest absolute Gasteiger partial charge is 0.348 e. The Labute approximate surface area is 184 Å². The molecule has 4 nitrogen and oxygen atoms in total. The molecule has 152 valence electrons. The summed E-state index contributed by atoms with van der Waals surface area (Å²) in [5, 5.41) is 0.892. The number of ether oxygens (including phenoxy) is 1. The van der Waals surface area contributed by atoms with Gasteiger partial charge in [0.25, 0.3) is 0 Å². The number of hydrogen-bond donors (Lipinski definition) is 0. The van der Waals surface area contributed by atoms with Crippen LogP contribution in [0.4, 0.5) is 0 Å². The molecule has 0 N–H and O–H groups in total. The molecular formula is C25H23BrN2O2. The van der Waals surface area contributed by atoms with Crippen LogP contribution in [0.5, 0.6) is 5.75 Å². The summed E-state index contributed by atoms with van der Waals surface area (Å²) in [6, 6.07) is 22.0. The second-order valence-electron chi connectivity index (χ2n) is 7.62. The minimum absolute atomic E-state index is 0.265. The third kappa shape index (κ3) is 4.03. The molecule has 0 fully saturated rings. The molecule has 1 heterocycles. The molecule has 0 atom stereocenters. The minimum atomic E-state index is -0.265. The van der Waals surface area contributed by atoms with Gasteiger partial charge >= 0.3 is 5.69 Å². The fourth-order valence-electron chi connectivity index (χ4n) is 3.56. The van der Waals surface area contributed by atoms with Crippen LogP contribution in [-0.4, -0.2) is 16.7 Å². The van der Waals surface area contributed by atoms with Crippen LogP contribution in [0.3, 0.4) is 0 Å². The first-order chi connectivity index (χ1) is 14.5. The fraction of sp³-hybridized carbons (Fsp3) is 0.200. The maximum absolute atomic E-state index is 13.0. The van der Waals surface area contributed by atoms with Gasteiger partial charge in [0.05, 0.1) is 24.9 Å². The molecule has 4 rings (SSSR count). The van der Waals surface area contributed by atoms with Crippen LogP contribution in [0, 0.1) is 0 Å². The van der Waals surface area contributed by atoms with Gasteiger partial charge in [-0.1, -0.05) is 66.2 Å². The summed E-state index contributed by atoms with van der Waals surface area (Å²) in [5.41, 5.74) is 4.46. The summed E-state index contributed by atoms with van der Waals surface area (Å²) in [7, 11) is 1.64. The van der Waals surface area contributed by atoms with Crippen LogP contribution in [0.2, 0.25) is 0 Å². The molecule has 0 amide bonds. The van der Waals surface area contributed by atoms with Gasteiger partial charge in [-0.2, -0.15) is 4.98 Å².